The number of methoxy groups -OCH3 is 6. The van der Waals surface area contributed by atoms with Crippen LogP contribution in [0.15, 0.2) is 36.4 Å². The van der Waals surface area contributed by atoms with E-state index in [1.54, 1.807) is 48.7 Å². The first-order chi connectivity index (χ1) is 24.2. The Labute approximate surface area is 293 Å². The normalized spacial score (nSPS) is 20.1. The van der Waals surface area contributed by atoms with Gasteiger partial charge in [-0.15, -0.1) is 0 Å². The number of rotatable bonds is 8. The highest BCUT2D eigenvalue weighted by molar-refractivity contribution is 5.85. The van der Waals surface area contributed by atoms with Crippen molar-refractivity contribution in [2.24, 2.45) is 0 Å². The Morgan fingerprint density at radius 2 is 1.22 bits per heavy atom. The van der Waals surface area contributed by atoms with Crippen LogP contribution < -0.4 is 33.2 Å². The van der Waals surface area contributed by atoms with Gasteiger partial charge in [-0.3, -0.25) is 9.80 Å². The van der Waals surface area contributed by atoms with Gasteiger partial charge < -0.3 is 38.3 Å². The van der Waals surface area contributed by atoms with Crippen molar-refractivity contribution in [1.29, 1.82) is 0 Å². The SMILES string of the molecule is COc1cc2c(cc1OC)[C@@H]1Cc3c(Oc4cc5c(cc4OC)-c4c(OC)c(OC)cc6c4[C@H](C5)N(C)CC6)cc(OC)c(O)c3[C@H](C2)N1C. The molecule has 4 aromatic carbocycles. The van der Waals surface area contributed by atoms with Crippen LogP contribution in [0.1, 0.15) is 57.1 Å². The minimum absolute atomic E-state index is 0.0339. The third-order valence-electron chi connectivity index (χ3n) is 11.4. The summed E-state index contributed by atoms with van der Waals surface area (Å²) < 4.78 is 41.9. The lowest BCUT2D eigenvalue weighted by atomic mass is 9.76. The molecule has 0 aromatic heterocycles. The summed E-state index contributed by atoms with van der Waals surface area (Å²) in [6.07, 6.45) is 3.05. The molecule has 0 amide bonds. The van der Waals surface area contributed by atoms with Crippen molar-refractivity contribution < 1.29 is 38.3 Å². The van der Waals surface area contributed by atoms with Crippen molar-refractivity contribution in [3.05, 3.63) is 75.3 Å². The van der Waals surface area contributed by atoms with E-state index in [2.05, 4.69) is 54.2 Å². The number of benzene rings is 4. The van der Waals surface area contributed by atoms with Crippen molar-refractivity contribution >= 4 is 0 Å². The van der Waals surface area contributed by atoms with Gasteiger partial charge in [0.25, 0.3) is 0 Å². The van der Waals surface area contributed by atoms with Crippen molar-refractivity contribution in [3.8, 4) is 62.9 Å². The highest BCUT2D eigenvalue weighted by Gasteiger charge is 2.43. The maximum atomic E-state index is 11.6. The summed E-state index contributed by atoms with van der Waals surface area (Å²) in [5, 5.41) is 11.6. The van der Waals surface area contributed by atoms with Crippen LogP contribution in [0.2, 0.25) is 0 Å². The summed E-state index contributed by atoms with van der Waals surface area (Å²) in [5.41, 5.74) is 9.94. The third-order valence-corrected chi connectivity index (χ3v) is 11.4. The number of nitrogens with zero attached hydrogens (tertiary/aromatic N) is 2. The predicted molar refractivity (Wildman–Crippen MR) is 189 cm³/mol. The molecule has 0 saturated carbocycles. The Hall–Kier alpha value is -4.80. The molecule has 8 rings (SSSR count). The van der Waals surface area contributed by atoms with E-state index in [1.807, 2.05) is 0 Å². The summed E-state index contributed by atoms with van der Waals surface area (Å²) in [4.78, 5) is 4.75. The Morgan fingerprint density at radius 1 is 0.580 bits per heavy atom. The summed E-state index contributed by atoms with van der Waals surface area (Å²) in [5.74, 6) is 5.18. The number of likely N-dealkylation sites (N-methyl/N-ethyl adjacent to an activating group) is 2. The van der Waals surface area contributed by atoms with E-state index < -0.39 is 0 Å². The van der Waals surface area contributed by atoms with Crippen LogP contribution in [0, 0.1) is 0 Å². The fourth-order valence-electron chi connectivity index (χ4n) is 8.88. The monoisotopic (exact) mass is 680 g/mol. The van der Waals surface area contributed by atoms with Crippen molar-refractivity contribution in [1.82, 2.24) is 9.80 Å². The Kier molecular flexibility index (Phi) is 7.91. The van der Waals surface area contributed by atoms with Gasteiger partial charge in [-0.1, -0.05) is 0 Å². The fraction of sp³-hybridized carbons (Fsp3) is 0.400. The van der Waals surface area contributed by atoms with E-state index in [-0.39, 0.29) is 23.9 Å². The van der Waals surface area contributed by atoms with Gasteiger partial charge in [-0.05, 0) is 103 Å². The summed E-state index contributed by atoms with van der Waals surface area (Å²) in [7, 11) is 14.2. The molecular formula is C40H44N2O8. The summed E-state index contributed by atoms with van der Waals surface area (Å²) in [6, 6.07) is 12.4. The molecule has 10 nitrogen and oxygen atoms in total. The molecule has 1 aliphatic carbocycles. The van der Waals surface area contributed by atoms with Gasteiger partial charge in [0.15, 0.2) is 46.0 Å². The Balaban J connectivity index is 1.26. The lowest BCUT2D eigenvalue weighted by Gasteiger charge is -2.46. The first-order valence-corrected chi connectivity index (χ1v) is 17.0. The number of hydrogen-bond donors (Lipinski definition) is 1. The first kappa shape index (κ1) is 32.4. The number of aromatic hydroxyl groups is 1. The molecule has 0 radical (unpaired) electrons. The lowest BCUT2D eigenvalue weighted by molar-refractivity contribution is 0.132. The molecule has 50 heavy (non-hydrogen) atoms. The molecular weight excluding hydrogens is 636 g/mol. The molecule has 10 heteroatoms. The molecule has 0 saturated heterocycles. The highest BCUT2D eigenvalue weighted by Crippen LogP contribution is 2.57. The van der Waals surface area contributed by atoms with Gasteiger partial charge in [0.05, 0.1) is 42.7 Å². The quantitative estimate of drug-likeness (QED) is 0.214. The van der Waals surface area contributed by atoms with Gasteiger partial charge in [0.2, 0.25) is 0 Å². The molecule has 3 heterocycles. The second-order valence-corrected chi connectivity index (χ2v) is 13.6. The zero-order valence-corrected chi connectivity index (χ0v) is 29.9. The summed E-state index contributed by atoms with van der Waals surface area (Å²) >= 11 is 0. The highest BCUT2D eigenvalue weighted by atomic mass is 16.5. The van der Waals surface area contributed by atoms with E-state index in [0.717, 1.165) is 58.7 Å². The van der Waals surface area contributed by atoms with Gasteiger partial charge in [0.1, 0.15) is 5.75 Å². The molecule has 0 unspecified atom stereocenters. The van der Waals surface area contributed by atoms with Crippen molar-refractivity contribution in [2.45, 2.75) is 43.8 Å². The second kappa shape index (κ2) is 12.2. The number of phenols is 1. The molecule has 4 aromatic rings. The van der Waals surface area contributed by atoms with E-state index in [0.29, 0.717) is 47.3 Å². The average molecular weight is 681 g/mol. The minimum Gasteiger partial charge on any atom is -0.504 e. The molecule has 262 valence electrons. The molecule has 0 spiro atoms. The number of fused-ring (bicyclic) bond motifs is 8. The first-order valence-electron chi connectivity index (χ1n) is 17.0. The standard InChI is InChI=1S/C40H44N2O8/c1-41-10-9-20-13-35(48-7)40(49-8)38-24-18-32(46-5)33(15-22(24)11-27(41)36(20)38)50-29-19-34(47-6)39(43)37-25(29)16-26-23-17-31(45-4)30(44-3)14-21(23)12-28(37)42(26)2/h13-15,17-19,26-28,43H,9-12,16H2,1-8H3/t26-,27-,28-/m0/s1. The average Bonchev–Trinajstić information content (AvgIpc) is 3.13. The molecule has 3 aliphatic heterocycles. The van der Waals surface area contributed by atoms with Gasteiger partial charge in [0, 0.05) is 47.4 Å². The maximum Gasteiger partial charge on any atom is 0.169 e. The van der Waals surface area contributed by atoms with Gasteiger partial charge in [-0.25, -0.2) is 0 Å². The molecule has 1 N–H and O–H groups in total. The molecule has 3 atom stereocenters. The van der Waals surface area contributed by atoms with E-state index in [4.69, 9.17) is 33.2 Å². The van der Waals surface area contributed by atoms with E-state index in [9.17, 15) is 5.11 Å². The van der Waals surface area contributed by atoms with Crippen LogP contribution in [-0.2, 0) is 25.7 Å². The fourth-order valence-corrected chi connectivity index (χ4v) is 8.88. The molecule has 2 bridgehead atoms. The number of phenolic OH excluding ortho intramolecular Hbond substituents is 1. The van der Waals surface area contributed by atoms with Crippen LogP contribution in [0.25, 0.3) is 11.1 Å². The Bertz CT molecular complexity index is 2030. The smallest absolute Gasteiger partial charge is 0.169 e. The number of ether oxygens (including phenoxy) is 7. The van der Waals surface area contributed by atoms with Crippen LogP contribution in [-0.4, -0.2) is 78.2 Å². The van der Waals surface area contributed by atoms with Crippen molar-refractivity contribution in [2.75, 3.05) is 63.3 Å². The maximum absolute atomic E-state index is 11.6. The predicted octanol–water partition coefficient (Wildman–Crippen LogP) is 6.81. The third kappa shape index (κ3) is 4.68. The topological polar surface area (TPSA) is 91.3 Å². The zero-order chi connectivity index (χ0) is 35.0. The molecule has 0 fully saturated rings. The van der Waals surface area contributed by atoms with Crippen LogP contribution in [0.3, 0.4) is 0 Å². The largest absolute Gasteiger partial charge is 0.504 e. The van der Waals surface area contributed by atoms with Crippen LogP contribution in [0.5, 0.6) is 51.7 Å². The Morgan fingerprint density at radius 3 is 1.92 bits per heavy atom. The minimum atomic E-state index is -0.104. The molecule has 4 aliphatic rings. The van der Waals surface area contributed by atoms with Crippen LogP contribution >= 0.6 is 0 Å². The van der Waals surface area contributed by atoms with Gasteiger partial charge in [-0.2, -0.15) is 0 Å². The number of hydrogen-bond acceptors (Lipinski definition) is 10. The van der Waals surface area contributed by atoms with Crippen LogP contribution in [0.4, 0.5) is 0 Å². The van der Waals surface area contributed by atoms with E-state index >= 15 is 0 Å². The van der Waals surface area contributed by atoms with Crippen molar-refractivity contribution in [3.63, 3.8) is 0 Å². The van der Waals surface area contributed by atoms with Gasteiger partial charge >= 0.3 is 0 Å². The van der Waals surface area contributed by atoms with E-state index in [1.165, 1.54) is 22.3 Å². The zero-order valence-electron chi connectivity index (χ0n) is 29.9. The second-order valence-electron chi connectivity index (χ2n) is 13.6. The lowest BCUT2D eigenvalue weighted by Crippen LogP contribution is -2.40. The summed E-state index contributed by atoms with van der Waals surface area (Å²) in [6.45, 7) is 0.958.